The van der Waals surface area contributed by atoms with Crippen molar-refractivity contribution < 1.29 is 4.92 Å². The summed E-state index contributed by atoms with van der Waals surface area (Å²) in [6, 6.07) is 8.99. The molecule has 3 rings (SSSR count). The molecular formula is C13H9BrN6O2S. The smallest absolute Gasteiger partial charge is 0.258 e. The molecule has 10 heteroatoms. The summed E-state index contributed by atoms with van der Waals surface area (Å²) in [6.45, 7) is 1.67. The number of aromatic nitrogens is 5. The molecule has 23 heavy (non-hydrogen) atoms. The van der Waals surface area contributed by atoms with E-state index in [1.807, 2.05) is 24.3 Å². The number of pyridine rings is 1. The number of nitro groups is 1. The van der Waals surface area contributed by atoms with Crippen molar-refractivity contribution in [2.75, 3.05) is 0 Å². The van der Waals surface area contributed by atoms with Crippen LogP contribution < -0.4 is 0 Å². The van der Waals surface area contributed by atoms with Crippen molar-refractivity contribution in [1.82, 2.24) is 25.2 Å². The van der Waals surface area contributed by atoms with Crippen molar-refractivity contribution in [3.05, 3.63) is 56.7 Å². The number of halogens is 1. The largest absolute Gasteiger partial charge is 0.304 e. The number of aryl methyl sites for hydroxylation is 1. The van der Waals surface area contributed by atoms with Gasteiger partial charge in [-0.25, -0.2) is 4.98 Å². The Morgan fingerprint density at radius 3 is 2.70 bits per heavy atom. The van der Waals surface area contributed by atoms with E-state index in [2.05, 4.69) is 36.4 Å². The van der Waals surface area contributed by atoms with Gasteiger partial charge in [-0.3, -0.25) is 10.1 Å². The van der Waals surface area contributed by atoms with Crippen molar-refractivity contribution in [2.24, 2.45) is 0 Å². The van der Waals surface area contributed by atoms with Gasteiger partial charge < -0.3 is 0 Å². The molecule has 3 aromatic rings. The molecule has 0 aliphatic carbocycles. The molecule has 0 atom stereocenters. The molecule has 116 valence electrons. The van der Waals surface area contributed by atoms with Gasteiger partial charge in [-0.2, -0.15) is 4.68 Å². The van der Waals surface area contributed by atoms with E-state index in [4.69, 9.17) is 0 Å². The van der Waals surface area contributed by atoms with Gasteiger partial charge in [-0.1, -0.05) is 15.9 Å². The molecule has 1 aromatic carbocycles. The summed E-state index contributed by atoms with van der Waals surface area (Å²) >= 11 is 4.41. The topological polar surface area (TPSA) is 99.6 Å². The maximum atomic E-state index is 11.3. The van der Waals surface area contributed by atoms with Crippen molar-refractivity contribution in [1.29, 1.82) is 0 Å². The van der Waals surface area contributed by atoms with E-state index in [1.165, 1.54) is 10.9 Å². The molecule has 0 spiro atoms. The highest BCUT2D eigenvalue weighted by molar-refractivity contribution is 9.10. The van der Waals surface area contributed by atoms with E-state index in [-0.39, 0.29) is 10.7 Å². The van der Waals surface area contributed by atoms with Crippen molar-refractivity contribution >= 4 is 33.4 Å². The lowest BCUT2D eigenvalue weighted by Gasteiger charge is -2.05. The fourth-order valence-electron chi connectivity index (χ4n) is 1.90. The zero-order chi connectivity index (χ0) is 16.4. The Kier molecular flexibility index (Phi) is 4.35. The van der Waals surface area contributed by atoms with Crippen LogP contribution in [0.3, 0.4) is 0 Å². The first-order chi connectivity index (χ1) is 11.1. The van der Waals surface area contributed by atoms with Crippen LogP contribution in [-0.2, 0) is 0 Å². The SMILES string of the molecule is Cc1ccnc(Sc2nnnn2-c2ccc(Br)cc2)c1[N+](=O)[O-]. The normalized spacial score (nSPS) is 10.7. The highest BCUT2D eigenvalue weighted by Crippen LogP contribution is 2.34. The number of nitrogens with zero attached hydrogens (tertiary/aromatic N) is 6. The molecule has 0 N–H and O–H groups in total. The Bertz CT molecular complexity index is 867. The minimum absolute atomic E-state index is 0.0390. The summed E-state index contributed by atoms with van der Waals surface area (Å²) < 4.78 is 2.43. The molecule has 0 unspecified atom stereocenters. The van der Waals surface area contributed by atoms with Gasteiger partial charge in [0, 0.05) is 16.2 Å². The molecule has 2 heterocycles. The van der Waals surface area contributed by atoms with Crippen LogP contribution in [0.15, 0.2) is 51.2 Å². The second-order valence-corrected chi connectivity index (χ2v) is 6.36. The van der Waals surface area contributed by atoms with Gasteiger partial charge in [0.1, 0.15) is 0 Å². The third kappa shape index (κ3) is 3.22. The Morgan fingerprint density at radius 1 is 1.26 bits per heavy atom. The van der Waals surface area contributed by atoms with E-state index >= 15 is 0 Å². The van der Waals surface area contributed by atoms with Crippen molar-refractivity contribution in [3.8, 4) is 5.69 Å². The number of hydrogen-bond acceptors (Lipinski definition) is 7. The molecule has 2 aromatic heterocycles. The zero-order valence-corrected chi connectivity index (χ0v) is 14.2. The Hall–Kier alpha value is -2.33. The molecule has 0 fully saturated rings. The monoisotopic (exact) mass is 392 g/mol. The molecular weight excluding hydrogens is 384 g/mol. The Morgan fingerprint density at radius 2 is 2.00 bits per heavy atom. The van der Waals surface area contributed by atoms with Gasteiger partial charge in [0.25, 0.3) is 0 Å². The summed E-state index contributed by atoms with van der Waals surface area (Å²) in [6.07, 6.45) is 1.53. The lowest BCUT2D eigenvalue weighted by molar-refractivity contribution is -0.388. The maximum Gasteiger partial charge on any atom is 0.304 e. The van der Waals surface area contributed by atoms with E-state index in [9.17, 15) is 10.1 Å². The number of rotatable bonds is 4. The Balaban J connectivity index is 2.00. The van der Waals surface area contributed by atoms with Crippen LogP contribution >= 0.6 is 27.7 Å². The standard InChI is InChI=1S/C13H9BrN6O2S/c1-8-6-7-15-12(11(8)20(21)22)23-13-16-17-18-19(13)10-4-2-9(14)3-5-10/h2-7H,1H3. The average Bonchev–Trinajstić information content (AvgIpc) is 2.96. The molecule has 0 saturated heterocycles. The second kappa shape index (κ2) is 6.42. The van der Waals surface area contributed by atoms with Gasteiger partial charge >= 0.3 is 5.69 Å². The van der Waals surface area contributed by atoms with Gasteiger partial charge in [0.15, 0.2) is 5.03 Å². The lowest BCUT2D eigenvalue weighted by Crippen LogP contribution is -2.00. The number of hydrogen-bond donors (Lipinski definition) is 0. The lowest BCUT2D eigenvalue weighted by atomic mass is 10.3. The maximum absolute atomic E-state index is 11.3. The number of tetrazole rings is 1. The fraction of sp³-hybridized carbons (Fsp3) is 0.0769. The molecule has 8 nitrogen and oxygen atoms in total. The predicted octanol–water partition coefficient (Wildman–Crippen LogP) is 3.19. The molecule has 0 bridgehead atoms. The quantitative estimate of drug-likeness (QED) is 0.496. The third-order valence-corrected chi connectivity index (χ3v) is 4.43. The molecule has 0 amide bonds. The van der Waals surface area contributed by atoms with Gasteiger partial charge in [-0.15, -0.1) is 5.10 Å². The van der Waals surface area contributed by atoms with Gasteiger partial charge in [0.05, 0.1) is 10.6 Å². The first-order valence-corrected chi connectivity index (χ1v) is 7.99. The van der Waals surface area contributed by atoms with Crippen molar-refractivity contribution in [3.63, 3.8) is 0 Å². The number of benzene rings is 1. The summed E-state index contributed by atoms with van der Waals surface area (Å²) in [4.78, 5) is 14.9. The van der Waals surface area contributed by atoms with Crippen LogP contribution in [0.4, 0.5) is 5.69 Å². The molecule has 0 aliphatic rings. The molecule has 0 saturated carbocycles. The average molecular weight is 393 g/mol. The van der Waals surface area contributed by atoms with E-state index in [1.54, 1.807) is 13.0 Å². The van der Waals surface area contributed by atoms with Crippen LogP contribution in [0.2, 0.25) is 0 Å². The van der Waals surface area contributed by atoms with Crippen LogP contribution in [0, 0.1) is 17.0 Å². The van der Waals surface area contributed by atoms with E-state index < -0.39 is 4.92 Å². The van der Waals surface area contributed by atoms with Crippen LogP contribution in [0.1, 0.15) is 5.56 Å². The van der Waals surface area contributed by atoms with Gasteiger partial charge in [0.2, 0.25) is 5.16 Å². The highest BCUT2D eigenvalue weighted by atomic mass is 79.9. The summed E-state index contributed by atoms with van der Waals surface area (Å²) in [5, 5.41) is 23.4. The second-order valence-electron chi connectivity index (χ2n) is 4.49. The van der Waals surface area contributed by atoms with Crippen LogP contribution in [-0.4, -0.2) is 30.1 Å². The predicted molar refractivity (Wildman–Crippen MR) is 86.6 cm³/mol. The fourth-order valence-corrected chi connectivity index (χ4v) is 3.08. The first kappa shape index (κ1) is 15.6. The summed E-state index contributed by atoms with van der Waals surface area (Å²) in [7, 11) is 0. The van der Waals surface area contributed by atoms with Crippen LogP contribution in [0.25, 0.3) is 5.69 Å². The summed E-state index contributed by atoms with van der Waals surface area (Å²) in [5.41, 5.74) is 1.24. The Labute approximate surface area is 143 Å². The minimum atomic E-state index is -0.446. The summed E-state index contributed by atoms with van der Waals surface area (Å²) in [5.74, 6) is 0. The molecule has 0 aliphatic heterocycles. The molecule has 0 radical (unpaired) electrons. The van der Waals surface area contributed by atoms with E-state index in [0.29, 0.717) is 10.7 Å². The van der Waals surface area contributed by atoms with Crippen LogP contribution in [0.5, 0.6) is 0 Å². The third-order valence-electron chi connectivity index (χ3n) is 2.98. The highest BCUT2D eigenvalue weighted by Gasteiger charge is 2.22. The first-order valence-electron chi connectivity index (χ1n) is 6.38. The van der Waals surface area contributed by atoms with Gasteiger partial charge in [-0.05, 0) is 59.4 Å². The zero-order valence-electron chi connectivity index (χ0n) is 11.8. The van der Waals surface area contributed by atoms with E-state index in [0.717, 1.165) is 21.9 Å². The van der Waals surface area contributed by atoms with Crippen molar-refractivity contribution in [2.45, 2.75) is 17.1 Å². The minimum Gasteiger partial charge on any atom is -0.258 e.